The van der Waals surface area contributed by atoms with E-state index in [2.05, 4.69) is 17.6 Å². The van der Waals surface area contributed by atoms with Gasteiger partial charge >= 0.3 is 0 Å². The number of nitrogens with zero attached hydrogens (tertiary/aromatic N) is 2. The van der Waals surface area contributed by atoms with Gasteiger partial charge < -0.3 is 5.32 Å². The fraction of sp³-hybridized carbons (Fsp3) is 0.400. The van der Waals surface area contributed by atoms with Gasteiger partial charge in [0.15, 0.2) is 6.19 Å². The number of carbonyl (C=O) groups is 1. The molecule has 2 aromatic carbocycles. The lowest BCUT2D eigenvalue weighted by Gasteiger charge is -2.29. The lowest BCUT2D eigenvalue weighted by molar-refractivity contribution is -0.121. The summed E-state index contributed by atoms with van der Waals surface area (Å²) in [5, 5.41) is 15.0. The van der Waals surface area contributed by atoms with Gasteiger partial charge in [-0.3, -0.25) is 10.1 Å². The van der Waals surface area contributed by atoms with Crippen molar-refractivity contribution in [3.63, 3.8) is 0 Å². The minimum atomic E-state index is -0.463. The molecule has 0 aliphatic rings. The number of benzene rings is 2. The Morgan fingerprint density at radius 2 is 1.81 bits per heavy atom. The molecule has 5 nitrogen and oxygen atoms in total. The number of amides is 1. The molecular weight excluding hydrogens is 404 g/mol. The third-order valence-corrected chi connectivity index (χ3v) is 5.72. The Hall–Kier alpha value is -2.78. The molecule has 0 fully saturated rings. The largest absolute Gasteiger partial charge is 0.334 e. The third-order valence-electron chi connectivity index (χ3n) is 4.82. The van der Waals surface area contributed by atoms with Crippen molar-refractivity contribution in [2.45, 2.75) is 58.5 Å². The quantitative estimate of drug-likeness (QED) is 0.204. The lowest BCUT2D eigenvalue weighted by atomic mass is 9.92. The van der Waals surface area contributed by atoms with Crippen LogP contribution in [-0.4, -0.2) is 23.7 Å². The maximum atomic E-state index is 12.8. The first-order valence-electron chi connectivity index (χ1n) is 10.5. The van der Waals surface area contributed by atoms with Crippen LogP contribution in [0.2, 0.25) is 0 Å². The van der Waals surface area contributed by atoms with Crippen LogP contribution in [-0.2, 0) is 17.6 Å². The molecular formula is C25H32N4OS. The van der Waals surface area contributed by atoms with Crippen molar-refractivity contribution in [1.29, 1.82) is 5.26 Å². The molecule has 164 valence electrons. The van der Waals surface area contributed by atoms with E-state index in [1.54, 1.807) is 11.8 Å². The topological polar surface area (TPSA) is 77.3 Å². The molecule has 1 unspecified atom stereocenters. The van der Waals surface area contributed by atoms with Gasteiger partial charge in [-0.1, -0.05) is 64.1 Å². The van der Waals surface area contributed by atoms with Crippen LogP contribution in [0.1, 0.15) is 44.4 Å². The van der Waals surface area contributed by atoms with E-state index in [1.807, 2.05) is 82.4 Å². The van der Waals surface area contributed by atoms with Crippen molar-refractivity contribution < 1.29 is 4.79 Å². The van der Waals surface area contributed by atoms with E-state index in [-0.39, 0.29) is 17.7 Å². The highest BCUT2D eigenvalue weighted by atomic mass is 32.2. The Morgan fingerprint density at radius 1 is 1.13 bits per heavy atom. The maximum Gasteiger partial charge on any atom is 0.226 e. The molecule has 31 heavy (non-hydrogen) atoms. The van der Waals surface area contributed by atoms with Crippen LogP contribution in [0.3, 0.4) is 0 Å². The average molecular weight is 437 g/mol. The van der Waals surface area contributed by atoms with Crippen LogP contribution in [0.4, 0.5) is 0 Å². The van der Waals surface area contributed by atoms with E-state index < -0.39 is 6.17 Å². The number of amidine groups is 1. The van der Waals surface area contributed by atoms with Gasteiger partial charge in [-0.2, -0.15) is 5.26 Å². The van der Waals surface area contributed by atoms with Crippen LogP contribution in [0, 0.1) is 23.8 Å². The van der Waals surface area contributed by atoms with Gasteiger partial charge in [-0.25, -0.2) is 4.99 Å². The van der Waals surface area contributed by atoms with Gasteiger partial charge in [0.2, 0.25) is 5.91 Å². The van der Waals surface area contributed by atoms with Crippen LogP contribution in [0.5, 0.6) is 0 Å². The van der Waals surface area contributed by atoms with Crippen LogP contribution < -0.4 is 10.6 Å². The van der Waals surface area contributed by atoms with E-state index in [9.17, 15) is 10.1 Å². The Balaban J connectivity index is 2.16. The first-order valence-corrected chi connectivity index (χ1v) is 11.5. The standard InChI is InChI=1S/C25H32N4OS/c1-6-31-21-13-11-19(12-14-21)15-23(30)29-24(25(3,4)5)28-22(27-17-26)16-20-10-8-7-9-18(20)2/h7-14,24H,6,15-16H2,1-5H3,(H,27,28)(H,29,30). The average Bonchev–Trinajstić information content (AvgIpc) is 2.70. The Morgan fingerprint density at radius 3 is 2.39 bits per heavy atom. The van der Waals surface area contributed by atoms with Gasteiger partial charge in [-0.15, -0.1) is 11.8 Å². The predicted octanol–water partition coefficient (Wildman–Crippen LogP) is 4.85. The molecule has 2 rings (SSSR count). The normalized spacial score (nSPS) is 12.7. The molecule has 0 saturated heterocycles. The van der Waals surface area contributed by atoms with Gasteiger partial charge in [0.05, 0.1) is 6.42 Å². The molecule has 2 N–H and O–H groups in total. The predicted molar refractivity (Wildman–Crippen MR) is 129 cm³/mol. The molecule has 0 saturated carbocycles. The lowest BCUT2D eigenvalue weighted by Crippen LogP contribution is -2.44. The second kappa shape index (κ2) is 11.6. The van der Waals surface area contributed by atoms with Gasteiger partial charge in [-0.05, 0) is 41.5 Å². The Kier molecular flexibility index (Phi) is 9.14. The van der Waals surface area contributed by atoms with Crippen molar-refractivity contribution in [2.24, 2.45) is 10.4 Å². The molecule has 0 bridgehead atoms. The molecule has 2 aromatic rings. The monoisotopic (exact) mass is 436 g/mol. The third kappa shape index (κ3) is 8.10. The second-order valence-corrected chi connectivity index (χ2v) is 9.84. The molecule has 0 spiro atoms. The summed E-state index contributed by atoms with van der Waals surface area (Å²) in [5.74, 6) is 1.47. The highest BCUT2D eigenvalue weighted by molar-refractivity contribution is 7.99. The first kappa shape index (κ1) is 24.5. The highest BCUT2D eigenvalue weighted by Crippen LogP contribution is 2.22. The fourth-order valence-electron chi connectivity index (χ4n) is 3.03. The summed E-state index contributed by atoms with van der Waals surface area (Å²) in [4.78, 5) is 18.7. The van der Waals surface area contributed by atoms with Crippen molar-refractivity contribution in [3.05, 3.63) is 65.2 Å². The first-order chi connectivity index (χ1) is 14.7. The van der Waals surface area contributed by atoms with Crippen molar-refractivity contribution in [3.8, 4) is 6.19 Å². The van der Waals surface area contributed by atoms with E-state index in [0.29, 0.717) is 12.3 Å². The molecule has 0 aliphatic heterocycles. The van der Waals surface area contributed by atoms with Crippen molar-refractivity contribution in [2.75, 3.05) is 5.75 Å². The zero-order chi connectivity index (χ0) is 22.9. The SMILES string of the molecule is CCSc1ccc(CC(=O)NC(/N=C(\Cc2ccccc2C)NC#N)C(C)(C)C)cc1. The molecule has 0 heterocycles. The van der Waals surface area contributed by atoms with Gasteiger partial charge in [0, 0.05) is 16.7 Å². The summed E-state index contributed by atoms with van der Waals surface area (Å²) in [7, 11) is 0. The minimum Gasteiger partial charge on any atom is -0.334 e. The zero-order valence-corrected chi connectivity index (χ0v) is 19.8. The summed E-state index contributed by atoms with van der Waals surface area (Å²) in [6.45, 7) is 10.2. The number of carbonyl (C=O) groups excluding carboxylic acids is 1. The van der Waals surface area contributed by atoms with Gasteiger partial charge in [0.1, 0.15) is 12.0 Å². The van der Waals surface area contributed by atoms with Gasteiger partial charge in [0.25, 0.3) is 0 Å². The number of nitrogens with one attached hydrogen (secondary N) is 2. The zero-order valence-electron chi connectivity index (χ0n) is 19.0. The minimum absolute atomic E-state index is 0.0910. The fourth-order valence-corrected chi connectivity index (χ4v) is 3.69. The summed E-state index contributed by atoms with van der Waals surface area (Å²) in [6, 6.07) is 16.1. The molecule has 0 aliphatic carbocycles. The van der Waals surface area contributed by atoms with E-state index >= 15 is 0 Å². The number of rotatable bonds is 8. The molecule has 0 radical (unpaired) electrons. The summed E-state index contributed by atoms with van der Waals surface area (Å²) < 4.78 is 0. The second-order valence-electron chi connectivity index (χ2n) is 8.51. The van der Waals surface area contributed by atoms with E-state index in [1.165, 1.54) is 4.90 Å². The number of nitriles is 1. The Labute approximate surface area is 190 Å². The van der Waals surface area contributed by atoms with Crippen LogP contribution in [0.25, 0.3) is 0 Å². The van der Waals surface area contributed by atoms with Crippen molar-refractivity contribution in [1.82, 2.24) is 10.6 Å². The number of aliphatic imine (C=N–C) groups is 1. The van der Waals surface area contributed by atoms with Crippen LogP contribution in [0.15, 0.2) is 58.4 Å². The number of aryl methyl sites for hydroxylation is 1. The molecule has 1 amide bonds. The molecule has 0 aromatic heterocycles. The van der Waals surface area contributed by atoms with Crippen molar-refractivity contribution >= 4 is 23.5 Å². The maximum absolute atomic E-state index is 12.8. The Bertz CT molecular complexity index is 939. The molecule has 1 atom stereocenters. The van der Waals surface area contributed by atoms with E-state index in [0.717, 1.165) is 22.4 Å². The summed E-state index contributed by atoms with van der Waals surface area (Å²) in [6.07, 6.45) is 2.30. The number of hydrogen-bond donors (Lipinski definition) is 2. The summed E-state index contributed by atoms with van der Waals surface area (Å²) >= 11 is 1.78. The number of hydrogen-bond acceptors (Lipinski definition) is 4. The highest BCUT2D eigenvalue weighted by Gasteiger charge is 2.26. The number of thioether (sulfide) groups is 1. The smallest absolute Gasteiger partial charge is 0.226 e. The van der Waals surface area contributed by atoms with E-state index in [4.69, 9.17) is 4.99 Å². The molecule has 6 heteroatoms. The van der Waals surface area contributed by atoms with Crippen LogP contribution >= 0.6 is 11.8 Å². The summed E-state index contributed by atoms with van der Waals surface area (Å²) in [5.41, 5.74) is 2.87.